The maximum absolute atomic E-state index is 8.86. The average Bonchev–Trinajstić information content (AvgIpc) is 2.68. The number of imidazole rings is 1. The summed E-state index contributed by atoms with van der Waals surface area (Å²) in [6.45, 7) is 2.77. The lowest BCUT2D eigenvalue weighted by molar-refractivity contribution is 0.250. The van der Waals surface area contributed by atoms with Gasteiger partial charge in [-0.3, -0.25) is 0 Å². The molecule has 0 unspecified atom stereocenters. The third-order valence-electron chi connectivity index (χ3n) is 2.32. The van der Waals surface area contributed by atoms with Gasteiger partial charge in [0.05, 0.1) is 12.3 Å². The van der Waals surface area contributed by atoms with E-state index in [0.717, 1.165) is 11.3 Å². The fraction of sp³-hybridized carbons (Fsp3) is 0.364. The first-order chi connectivity index (χ1) is 7.29. The van der Waals surface area contributed by atoms with Crippen LogP contribution in [0.15, 0.2) is 30.6 Å². The van der Waals surface area contributed by atoms with Crippen molar-refractivity contribution in [1.82, 2.24) is 14.7 Å². The van der Waals surface area contributed by atoms with E-state index in [1.807, 2.05) is 41.9 Å². The molecule has 2 rings (SSSR count). The number of rotatable bonds is 4. The highest BCUT2D eigenvalue weighted by Gasteiger charge is 2.02. The second-order valence-corrected chi connectivity index (χ2v) is 3.66. The van der Waals surface area contributed by atoms with E-state index >= 15 is 0 Å². The van der Waals surface area contributed by atoms with Crippen LogP contribution in [0.3, 0.4) is 0 Å². The van der Waals surface area contributed by atoms with Gasteiger partial charge in [0.15, 0.2) is 0 Å². The van der Waals surface area contributed by atoms with Crippen LogP contribution < -0.4 is 5.32 Å². The van der Waals surface area contributed by atoms with Crippen molar-refractivity contribution in [2.75, 3.05) is 6.61 Å². The molecule has 0 spiro atoms. The van der Waals surface area contributed by atoms with Crippen molar-refractivity contribution >= 4 is 5.65 Å². The Labute approximate surface area is 88.6 Å². The summed E-state index contributed by atoms with van der Waals surface area (Å²) in [5.41, 5.74) is 1.94. The van der Waals surface area contributed by atoms with Crippen LogP contribution in [0.2, 0.25) is 0 Å². The molecule has 2 aromatic rings. The summed E-state index contributed by atoms with van der Waals surface area (Å²) in [4.78, 5) is 4.44. The summed E-state index contributed by atoms with van der Waals surface area (Å²) in [7, 11) is 0. The molecule has 2 heterocycles. The second-order valence-electron chi connectivity index (χ2n) is 3.66. The lowest BCUT2D eigenvalue weighted by Gasteiger charge is -2.07. The average molecular weight is 205 g/mol. The molecular formula is C11H15N3O. The van der Waals surface area contributed by atoms with Gasteiger partial charge in [-0.2, -0.15) is 0 Å². The molecule has 0 radical (unpaired) electrons. The van der Waals surface area contributed by atoms with Gasteiger partial charge < -0.3 is 14.8 Å². The summed E-state index contributed by atoms with van der Waals surface area (Å²) in [5, 5.41) is 12.0. The predicted molar refractivity (Wildman–Crippen MR) is 58.6 cm³/mol. The van der Waals surface area contributed by atoms with Gasteiger partial charge in [0, 0.05) is 25.0 Å². The molecule has 0 aliphatic carbocycles. The Bertz CT molecular complexity index is 405. The summed E-state index contributed by atoms with van der Waals surface area (Å²) in [5.74, 6) is 0. The number of aromatic nitrogens is 2. The standard InChI is InChI=1S/C11H15N3O/c1-9(8-15)12-6-10-7-14-5-3-2-4-11(14)13-10/h2-5,7,9,12,15H,6,8H2,1H3/t9-/m0/s1. The van der Waals surface area contributed by atoms with E-state index in [9.17, 15) is 0 Å². The van der Waals surface area contributed by atoms with E-state index in [0.29, 0.717) is 6.54 Å². The van der Waals surface area contributed by atoms with Crippen molar-refractivity contribution in [2.24, 2.45) is 0 Å². The topological polar surface area (TPSA) is 49.6 Å². The minimum atomic E-state index is 0.106. The van der Waals surface area contributed by atoms with Crippen LogP contribution in [0.5, 0.6) is 0 Å². The number of pyridine rings is 1. The SMILES string of the molecule is C[C@@H](CO)NCc1cn2ccccc2n1. The fourth-order valence-corrected chi connectivity index (χ4v) is 1.42. The summed E-state index contributed by atoms with van der Waals surface area (Å²) in [6, 6.07) is 6.02. The molecule has 0 bridgehead atoms. The molecule has 4 heteroatoms. The Balaban J connectivity index is 2.09. The van der Waals surface area contributed by atoms with E-state index in [2.05, 4.69) is 10.3 Å². The lowest BCUT2D eigenvalue weighted by Crippen LogP contribution is -2.28. The summed E-state index contributed by atoms with van der Waals surface area (Å²) >= 11 is 0. The molecule has 2 aromatic heterocycles. The third kappa shape index (κ3) is 2.34. The number of nitrogens with one attached hydrogen (secondary N) is 1. The first kappa shape index (κ1) is 10.1. The highest BCUT2D eigenvalue weighted by Crippen LogP contribution is 2.04. The van der Waals surface area contributed by atoms with Gasteiger partial charge in [-0.1, -0.05) is 6.07 Å². The van der Waals surface area contributed by atoms with Crippen LogP contribution >= 0.6 is 0 Å². The van der Waals surface area contributed by atoms with Crippen LogP contribution in [-0.4, -0.2) is 27.1 Å². The van der Waals surface area contributed by atoms with Crippen LogP contribution in [0.1, 0.15) is 12.6 Å². The Morgan fingerprint density at radius 3 is 3.13 bits per heavy atom. The van der Waals surface area contributed by atoms with Gasteiger partial charge in [0.2, 0.25) is 0 Å². The van der Waals surface area contributed by atoms with Gasteiger partial charge in [-0.15, -0.1) is 0 Å². The first-order valence-electron chi connectivity index (χ1n) is 5.06. The Hall–Kier alpha value is -1.39. The van der Waals surface area contributed by atoms with E-state index < -0.39 is 0 Å². The number of hydrogen-bond acceptors (Lipinski definition) is 3. The molecule has 0 aromatic carbocycles. The van der Waals surface area contributed by atoms with Gasteiger partial charge in [0.1, 0.15) is 5.65 Å². The molecular weight excluding hydrogens is 190 g/mol. The van der Waals surface area contributed by atoms with Crippen LogP contribution in [0, 0.1) is 0 Å². The monoisotopic (exact) mass is 205 g/mol. The first-order valence-corrected chi connectivity index (χ1v) is 5.06. The van der Waals surface area contributed by atoms with Gasteiger partial charge in [-0.25, -0.2) is 4.98 Å². The van der Waals surface area contributed by atoms with Crippen molar-refractivity contribution < 1.29 is 5.11 Å². The van der Waals surface area contributed by atoms with Crippen LogP contribution in [0.4, 0.5) is 0 Å². The molecule has 0 fully saturated rings. The predicted octanol–water partition coefficient (Wildman–Crippen LogP) is 0.805. The van der Waals surface area contributed by atoms with Crippen molar-refractivity contribution in [3.8, 4) is 0 Å². The van der Waals surface area contributed by atoms with Crippen molar-refractivity contribution in [3.63, 3.8) is 0 Å². The molecule has 0 saturated carbocycles. The summed E-state index contributed by atoms with van der Waals surface area (Å²) in [6.07, 6.45) is 3.97. The van der Waals surface area contributed by atoms with Gasteiger partial charge >= 0.3 is 0 Å². The zero-order valence-corrected chi connectivity index (χ0v) is 8.72. The van der Waals surface area contributed by atoms with Crippen LogP contribution in [0.25, 0.3) is 5.65 Å². The number of aliphatic hydroxyl groups excluding tert-OH is 1. The van der Waals surface area contributed by atoms with Crippen LogP contribution in [-0.2, 0) is 6.54 Å². The molecule has 4 nitrogen and oxygen atoms in total. The van der Waals surface area contributed by atoms with E-state index in [1.165, 1.54) is 0 Å². The Morgan fingerprint density at radius 1 is 1.53 bits per heavy atom. The highest BCUT2D eigenvalue weighted by atomic mass is 16.3. The number of aliphatic hydroxyl groups is 1. The van der Waals surface area contributed by atoms with Crippen molar-refractivity contribution in [1.29, 1.82) is 0 Å². The van der Waals surface area contributed by atoms with E-state index in [1.54, 1.807) is 0 Å². The Kier molecular flexibility index (Phi) is 2.99. The smallest absolute Gasteiger partial charge is 0.137 e. The fourth-order valence-electron chi connectivity index (χ4n) is 1.42. The quantitative estimate of drug-likeness (QED) is 0.776. The molecule has 0 aliphatic heterocycles. The zero-order valence-electron chi connectivity index (χ0n) is 8.72. The van der Waals surface area contributed by atoms with E-state index in [4.69, 9.17) is 5.11 Å². The molecule has 80 valence electrons. The second kappa shape index (κ2) is 4.42. The third-order valence-corrected chi connectivity index (χ3v) is 2.32. The zero-order chi connectivity index (χ0) is 10.7. The molecule has 2 N–H and O–H groups in total. The largest absolute Gasteiger partial charge is 0.395 e. The van der Waals surface area contributed by atoms with Gasteiger partial charge in [0.25, 0.3) is 0 Å². The minimum Gasteiger partial charge on any atom is -0.395 e. The van der Waals surface area contributed by atoms with E-state index in [-0.39, 0.29) is 12.6 Å². The molecule has 0 saturated heterocycles. The molecule has 15 heavy (non-hydrogen) atoms. The number of hydrogen-bond donors (Lipinski definition) is 2. The maximum Gasteiger partial charge on any atom is 0.137 e. The number of nitrogens with zero attached hydrogens (tertiary/aromatic N) is 2. The molecule has 1 atom stereocenters. The lowest BCUT2D eigenvalue weighted by atomic mass is 10.3. The van der Waals surface area contributed by atoms with Crippen molar-refractivity contribution in [3.05, 3.63) is 36.3 Å². The number of fused-ring (bicyclic) bond motifs is 1. The molecule has 0 amide bonds. The van der Waals surface area contributed by atoms with Crippen molar-refractivity contribution in [2.45, 2.75) is 19.5 Å². The maximum atomic E-state index is 8.86. The highest BCUT2D eigenvalue weighted by molar-refractivity contribution is 5.39. The Morgan fingerprint density at radius 2 is 2.40 bits per heavy atom. The molecule has 0 aliphatic rings. The normalized spacial score (nSPS) is 13.2. The van der Waals surface area contributed by atoms with Gasteiger partial charge in [-0.05, 0) is 19.1 Å². The minimum absolute atomic E-state index is 0.106. The summed E-state index contributed by atoms with van der Waals surface area (Å²) < 4.78 is 1.99.